The van der Waals surface area contributed by atoms with E-state index in [1.165, 1.54) is 55.0 Å². The number of rotatable bonds is 26. The zero-order valence-corrected chi connectivity index (χ0v) is 33.3. The van der Waals surface area contributed by atoms with Crippen LogP contribution in [0.1, 0.15) is 128 Å². The number of benzene rings is 3. The van der Waals surface area contributed by atoms with Crippen LogP contribution in [0.5, 0.6) is 23.0 Å². The highest BCUT2D eigenvalue weighted by molar-refractivity contribution is 5.97. The highest BCUT2D eigenvalue weighted by Gasteiger charge is 2.81. The van der Waals surface area contributed by atoms with Crippen LogP contribution >= 0.6 is 0 Å². The largest absolute Gasteiger partial charge is 0.494 e. The maximum absolute atomic E-state index is 14.2. The highest BCUT2D eigenvalue weighted by atomic mass is 19.4. The number of hydrogen-bond acceptors (Lipinski definition) is 8. The van der Waals surface area contributed by atoms with Crippen molar-refractivity contribution in [3.8, 4) is 23.0 Å². The average Bonchev–Trinajstić information content (AvgIpc) is 3.20. The fourth-order valence-electron chi connectivity index (χ4n) is 5.58. The highest BCUT2D eigenvalue weighted by Crippen LogP contribution is 2.54. The van der Waals surface area contributed by atoms with E-state index in [9.17, 15) is 53.9 Å². The molecule has 0 radical (unpaired) electrons. The van der Waals surface area contributed by atoms with E-state index in [0.717, 1.165) is 88.8 Å². The molecule has 0 aliphatic carbocycles. The average molecular weight is 865 g/mol. The zero-order chi connectivity index (χ0) is 44.4. The molecule has 0 unspecified atom stereocenters. The van der Waals surface area contributed by atoms with Crippen molar-refractivity contribution in [2.75, 3.05) is 19.8 Å². The van der Waals surface area contributed by atoms with Crippen molar-refractivity contribution >= 4 is 17.9 Å². The third-order valence-corrected chi connectivity index (χ3v) is 9.16. The summed E-state index contributed by atoms with van der Waals surface area (Å²) >= 11 is 0. The van der Waals surface area contributed by atoms with E-state index in [4.69, 9.17) is 18.9 Å². The Morgan fingerprint density at radius 1 is 0.483 bits per heavy atom. The lowest BCUT2D eigenvalue weighted by Gasteiger charge is -2.33. The zero-order valence-electron chi connectivity index (χ0n) is 33.3. The van der Waals surface area contributed by atoms with Crippen LogP contribution < -0.4 is 18.9 Å². The Kier molecular flexibility index (Phi) is 19.1. The van der Waals surface area contributed by atoms with Gasteiger partial charge in [-0.25, -0.2) is 14.4 Å². The van der Waals surface area contributed by atoms with E-state index in [1.54, 1.807) is 0 Å². The Balaban J connectivity index is 1.74. The van der Waals surface area contributed by atoms with Crippen LogP contribution in [0.3, 0.4) is 0 Å². The van der Waals surface area contributed by atoms with Gasteiger partial charge in [0.15, 0.2) is 0 Å². The van der Waals surface area contributed by atoms with Crippen molar-refractivity contribution in [3.63, 3.8) is 0 Å². The van der Waals surface area contributed by atoms with Gasteiger partial charge in [-0.15, -0.1) is 0 Å². The molecular weight excluding hydrogens is 815 g/mol. The first-order valence-electron chi connectivity index (χ1n) is 19.8. The SMILES string of the molecule is CCCCCCCCOc1ccc(C(=O)Oc2ccc(OC(=O)c3ccc(OCCCCCCCC)cc3)c(C(=O)OCCC(F)(F)C(F)(F)C(F)(F)C(F)(F)F)c2)cc1. The normalized spacial score (nSPS) is 12.2. The molecule has 3 rings (SSSR count). The summed E-state index contributed by atoms with van der Waals surface area (Å²) in [6.07, 6.45) is 3.17. The van der Waals surface area contributed by atoms with Crippen LogP contribution in [0, 0.1) is 0 Å². The quantitative estimate of drug-likeness (QED) is 0.0341. The third kappa shape index (κ3) is 14.4. The summed E-state index contributed by atoms with van der Waals surface area (Å²) in [5.74, 6) is -23.8. The third-order valence-electron chi connectivity index (χ3n) is 9.16. The second-order valence-corrected chi connectivity index (χ2v) is 14.0. The second kappa shape index (κ2) is 23.1. The summed E-state index contributed by atoms with van der Waals surface area (Å²) in [5, 5.41) is 0. The topological polar surface area (TPSA) is 97.4 Å². The molecule has 17 heteroatoms. The Bertz CT molecular complexity index is 1800. The molecule has 0 bridgehead atoms. The monoisotopic (exact) mass is 864 g/mol. The summed E-state index contributed by atoms with van der Waals surface area (Å²) in [6.45, 7) is 3.35. The second-order valence-electron chi connectivity index (χ2n) is 14.0. The van der Waals surface area contributed by atoms with Crippen molar-refractivity contribution in [2.24, 2.45) is 0 Å². The molecule has 0 atom stereocenters. The van der Waals surface area contributed by atoms with E-state index in [0.29, 0.717) is 24.7 Å². The van der Waals surface area contributed by atoms with Crippen molar-refractivity contribution in [1.82, 2.24) is 0 Å². The van der Waals surface area contributed by atoms with Gasteiger partial charge in [0.25, 0.3) is 0 Å². The molecule has 3 aromatic rings. The summed E-state index contributed by atoms with van der Waals surface area (Å²) in [4.78, 5) is 39.1. The number of hydrogen-bond donors (Lipinski definition) is 0. The Morgan fingerprint density at radius 2 is 0.917 bits per heavy atom. The van der Waals surface area contributed by atoms with Gasteiger partial charge < -0.3 is 23.7 Å². The predicted octanol–water partition coefficient (Wildman–Crippen LogP) is 12.6. The van der Waals surface area contributed by atoms with Gasteiger partial charge in [0.2, 0.25) is 0 Å². The molecule has 0 heterocycles. The minimum atomic E-state index is -7.13. The number of ether oxygens (including phenoxy) is 5. The van der Waals surface area contributed by atoms with Crippen LogP contribution in [-0.4, -0.2) is 61.7 Å². The van der Waals surface area contributed by atoms with Crippen molar-refractivity contribution in [3.05, 3.63) is 83.4 Å². The molecule has 0 fully saturated rings. The first-order chi connectivity index (χ1) is 28.3. The van der Waals surface area contributed by atoms with Crippen LogP contribution in [0.2, 0.25) is 0 Å². The molecule has 3 aromatic carbocycles. The van der Waals surface area contributed by atoms with Gasteiger partial charge in [-0.3, -0.25) is 0 Å². The van der Waals surface area contributed by atoms with E-state index < -0.39 is 66.2 Å². The summed E-state index contributed by atoms with van der Waals surface area (Å²) < 4.78 is 147. The number of esters is 3. The van der Waals surface area contributed by atoms with Crippen molar-refractivity contribution < 1.29 is 77.6 Å². The minimum absolute atomic E-state index is 0.0276. The lowest BCUT2D eigenvalue weighted by Crippen LogP contribution is -2.61. The Labute approximate surface area is 342 Å². The Morgan fingerprint density at radius 3 is 1.38 bits per heavy atom. The molecule has 0 aromatic heterocycles. The van der Waals surface area contributed by atoms with Crippen LogP contribution in [0.4, 0.5) is 39.5 Å². The van der Waals surface area contributed by atoms with E-state index in [-0.39, 0.29) is 16.9 Å². The number of alkyl halides is 9. The summed E-state index contributed by atoms with van der Waals surface area (Å²) in [6, 6.07) is 14.3. The minimum Gasteiger partial charge on any atom is -0.494 e. The molecule has 0 aliphatic rings. The van der Waals surface area contributed by atoms with Gasteiger partial charge in [0, 0.05) is 0 Å². The van der Waals surface area contributed by atoms with Gasteiger partial charge in [-0.1, -0.05) is 78.1 Å². The van der Waals surface area contributed by atoms with Crippen LogP contribution in [0.15, 0.2) is 66.7 Å². The van der Waals surface area contributed by atoms with Gasteiger partial charge in [0.05, 0.1) is 37.4 Å². The fraction of sp³-hybridized carbons (Fsp3) is 0.512. The summed E-state index contributed by atoms with van der Waals surface area (Å²) in [5.41, 5.74) is -0.815. The molecule has 332 valence electrons. The first kappa shape index (κ1) is 49.4. The predicted molar refractivity (Wildman–Crippen MR) is 203 cm³/mol. The van der Waals surface area contributed by atoms with Gasteiger partial charge >= 0.3 is 41.9 Å². The van der Waals surface area contributed by atoms with Crippen molar-refractivity contribution in [2.45, 2.75) is 121 Å². The van der Waals surface area contributed by atoms with Crippen LogP contribution in [-0.2, 0) is 4.74 Å². The standard InChI is InChI=1S/C43H49F9O8/c1-3-5-7-9-11-13-26-56-32-19-15-30(16-20-32)37(53)59-34-23-24-36(60-38(54)31-17-21-33(22-18-31)57-27-14-12-10-8-6-4-2)35(29-34)39(55)58-28-25-40(44,45)41(46,47)42(48,49)43(50,51)52/h15-24,29H,3-14,25-28H2,1-2H3. The fourth-order valence-corrected chi connectivity index (χ4v) is 5.58. The van der Waals surface area contributed by atoms with Crippen LogP contribution in [0.25, 0.3) is 0 Å². The molecule has 0 spiro atoms. The Hall–Kier alpha value is -4.96. The van der Waals surface area contributed by atoms with E-state index in [2.05, 4.69) is 18.6 Å². The number of halogens is 9. The maximum Gasteiger partial charge on any atom is 0.460 e. The first-order valence-corrected chi connectivity index (χ1v) is 19.8. The maximum atomic E-state index is 14.2. The number of carbonyl (C=O) groups is 3. The molecule has 8 nitrogen and oxygen atoms in total. The molecule has 0 aliphatic heterocycles. The van der Waals surface area contributed by atoms with Gasteiger partial charge in [-0.2, -0.15) is 39.5 Å². The molecule has 0 amide bonds. The number of unbranched alkanes of at least 4 members (excludes halogenated alkanes) is 10. The van der Waals surface area contributed by atoms with E-state index in [1.807, 2.05) is 0 Å². The summed E-state index contributed by atoms with van der Waals surface area (Å²) in [7, 11) is 0. The smallest absolute Gasteiger partial charge is 0.460 e. The number of carbonyl (C=O) groups excluding carboxylic acids is 3. The van der Waals surface area contributed by atoms with Crippen molar-refractivity contribution in [1.29, 1.82) is 0 Å². The lowest BCUT2D eigenvalue weighted by atomic mass is 10.0. The molecule has 0 saturated heterocycles. The van der Waals surface area contributed by atoms with E-state index >= 15 is 0 Å². The van der Waals surface area contributed by atoms with Gasteiger partial charge in [0.1, 0.15) is 28.6 Å². The molecular formula is C43H49F9O8. The van der Waals surface area contributed by atoms with Gasteiger partial charge in [-0.05, 0) is 79.6 Å². The molecule has 60 heavy (non-hydrogen) atoms. The molecule has 0 saturated carbocycles. The lowest BCUT2D eigenvalue weighted by molar-refractivity contribution is -0.397. The molecule has 0 N–H and O–H groups in total.